The van der Waals surface area contributed by atoms with Gasteiger partial charge in [0.1, 0.15) is 5.60 Å². The van der Waals surface area contributed by atoms with Gasteiger partial charge in [0.05, 0.1) is 6.10 Å². The largest absolute Gasteiger partial charge is 0.455 e. The molecule has 124 valence electrons. The Bertz CT molecular complexity index is 440. The molecule has 4 bridgehead atoms. The maximum Gasteiger partial charge on any atom is 0.333 e. The zero-order valence-electron chi connectivity index (χ0n) is 14.3. The molecule has 0 aromatic heterocycles. The lowest BCUT2D eigenvalue weighted by molar-refractivity contribution is -0.225. The van der Waals surface area contributed by atoms with Crippen LogP contribution in [0, 0.1) is 23.7 Å². The van der Waals surface area contributed by atoms with Crippen LogP contribution in [0.2, 0.25) is 0 Å². The summed E-state index contributed by atoms with van der Waals surface area (Å²) in [7, 11) is 1.82. The van der Waals surface area contributed by atoms with Crippen LogP contribution in [0.5, 0.6) is 0 Å². The van der Waals surface area contributed by atoms with Crippen LogP contribution < -0.4 is 0 Å². The first-order valence-electron chi connectivity index (χ1n) is 8.90. The SMILES string of the molecule is C=C(C)C(=O)OC12CC3CC(CC(C3)C1C(CCC)OC)C2. The maximum atomic E-state index is 12.3. The minimum Gasteiger partial charge on any atom is -0.455 e. The number of hydrogen-bond acceptors (Lipinski definition) is 3. The highest BCUT2D eigenvalue weighted by Gasteiger charge is 2.61. The normalized spacial score (nSPS) is 40.5. The molecular formula is C19H30O3. The van der Waals surface area contributed by atoms with Crippen LogP contribution in [0.4, 0.5) is 0 Å². The van der Waals surface area contributed by atoms with Crippen molar-refractivity contribution in [1.82, 2.24) is 0 Å². The average molecular weight is 306 g/mol. The Labute approximate surface area is 134 Å². The second kappa shape index (κ2) is 5.99. The number of methoxy groups -OCH3 is 1. The Morgan fingerprint density at radius 2 is 1.91 bits per heavy atom. The highest BCUT2D eigenvalue weighted by atomic mass is 16.6. The van der Waals surface area contributed by atoms with Gasteiger partial charge >= 0.3 is 5.97 Å². The zero-order valence-corrected chi connectivity index (χ0v) is 14.3. The summed E-state index contributed by atoms with van der Waals surface area (Å²) in [4.78, 5) is 12.3. The quantitative estimate of drug-likeness (QED) is 0.547. The van der Waals surface area contributed by atoms with E-state index in [0.717, 1.165) is 37.5 Å². The number of carbonyl (C=O) groups excluding carboxylic acids is 1. The standard InChI is InChI=1S/C19H30O3/c1-5-6-16(21-4)17-15-8-13-7-14(9-15)11-19(17,10-13)22-18(20)12(2)3/h13-17H,2,5-11H2,1,3-4H3. The lowest BCUT2D eigenvalue weighted by Gasteiger charge is -2.61. The molecule has 0 saturated heterocycles. The first-order chi connectivity index (χ1) is 10.5. The van der Waals surface area contributed by atoms with E-state index >= 15 is 0 Å². The summed E-state index contributed by atoms with van der Waals surface area (Å²) in [6.45, 7) is 7.72. The van der Waals surface area contributed by atoms with Crippen LogP contribution in [0.1, 0.15) is 58.8 Å². The predicted octanol–water partition coefficient (Wildman–Crippen LogP) is 4.12. The van der Waals surface area contributed by atoms with E-state index in [1.54, 1.807) is 6.92 Å². The number of rotatable bonds is 6. The molecule has 3 heteroatoms. The molecule has 4 unspecified atom stereocenters. The number of carbonyl (C=O) groups is 1. The highest BCUT2D eigenvalue weighted by molar-refractivity contribution is 5.87. The van der Waals surface area contributed by atoms with E-state index in [-0.39, 0.29) is 17.7 Å². The van der Waals surface area contributed by atoms with Crippen LogP contribution in [0.15, 0.2) is 12.2 Å². The summed E-state index contributed by atoms with van der Waals surface area (Å²) in [5.41, 5.74) is 0.222. The van der Waals surface area contributed by atoms with E-state index in [4.69, 9.17) is 9.47 Å². The summed E-state index contributed by atoms with van der Waals surface area (Å²) in [5, 5.41) is 0. The van der Waals surface area contributed by atoms with Crippen LogP contribution in [-0.2, 0) is 14.3 Å². The molecule has 0 aromatic carbocycles. The second-order valence-electron chi connectivity index (χ2n) is 7.93. The fraction of sp³-hybridized carbons (Fsp3) is 0.842. The van der Waals surface area contributed by atoms with E-state index in [2.05, 4.69) is 13.5 Å². The molecule has 0 aromatic rings. The lowest BCUT2D eigenvalue weighted by Crippen LogP contribution is -2.62. The lowest BCUT2D eigenvalue weighted by atomic mass is 9.48. The molecule has 4 saturated carbocycles. The fourth-order valence-corrected chi connectivity index (χ4v) is 5.80. The topological polar surface area (TPSA) is 35.5 Å². The molecule has 4 fully saturated rings. The molecule has 0 spiro atoms. The third-order valence-electron chi connectivity index (χ3n) is 6.24. The Hall–Kier alpha value is -0.830. The average Bonchev–Trinajstić information content (AvgIpc) is 2.44. The van der Waals surface area contributed by atoms with Crippen LogP contribution >= 0.6 is 0 Å². The maximum absolute atomic E-state index is 12.3. The molecule has 0 N–H and O–H groups in total. The van der Waals surface area contributed by atoms with Crippen molar-refractivity contribution in [2.75, 3.05) is 7.11 Å². The second-order valence-corrected chi connectivity index (χ2v) is 7.93. The summed E-state index contributed by atoms with van der Waals surface area (Å²) >= 11 is 0. The molecule has 0 radical (unpaired) electrons. The summed E-state index contributed by atoms with van der Waals surface area (Å²) in [6, 6.07) is 0. The Morgan fingerprint density at radius 3 is 2.41 bits per heavy atom. The van der Waals surface area contributed by atoms with Gasteiger partial charge in [0.2, 0.25) is 0 Å². The van der Waals surface area contributed by atoms with Crippen molar-refractivity contribution >= 4 is 5.97 Å². The van der Waals surface area contributed by atoms with E-state index in [0.29, 0.717) is 17.4 Å². The minimum absolute atomic E-state index is 0.210. The Kier molecular flexibility index (Phi) is 4.37. The summed E-state index contributed by atoms with van der Waals surface area (Å²) < 4.78 is 12.0. The monoisotopic (exact) mass is 306 g/mol. The third kappa shape index (κ3) is 2.62. The molecular weight excluding hydrogens is 276 g/mol. The molecule has 0 amide bonds. The number of ether oxygens (including phenoxy) is 2. The molecule has 0 heterocycles. The first kappa shape index (κ1) is 16.0. The van der Waals surface area contributed by atoms with Crippen molar-refractivity contribution < 1.29 is 14.3 Å². The predicted molar refractivity (Wildman–Crippen MR) is 86.4 cm³/mol. The van der Waals surface area contributed by atoms with Gasteiger partial charge in [-0.25, -0.2) is 4.79 Å². The van der Waals surface area contributed by atoms with E-state index in [9.17, 15) is 4.79 Å². The minimum atomic E-state index is -0.291. The molecule has 4 rings (SSSR count). The molecule has 4 aliphatic carbocycles. The van der Waals surface area contributed by atoms with Crippen molar-refractivity contribution in [1.29, 1.82) is 0 Å². The van der Waals surface area contributed by atoms with Gasteiger partial charge in [0, 0.05) is 18.6 Å². The van der Waals surface area contributed by atoms with Gasteiger partial charge in [-0.1, -0.05) is 19.9 Å². The van der Waals surface area contributed by atoms with Crippen LogP contribution in [0.3, 0.4) is 0 Å². The van der Waals surface area contributed by atoms with Gasteiger partial charge in [0.15, 0.2) is 0 Å². The van der Waals surface area contributed by atoms with E-state index in [1.807, 2.05) is 7.11 Å². The van der Waals surface area contributed by atoms with Crippen LogP contribution in [-0.4, -0.2) is 24.8 Å². The van der Waals surface area contributed by atoms with Crippen molar-refractivity contribution in [2.24, 2.45) is 23.7 Å². The van der Waals surface area contributed by atoms with Gasteiger partial charge < -0.3 is 9.47 Å². The Balaban J connectivity index is 1.90. The molecule has 22 heavy (non-hydrogen) atoms. The van der Waals surface area contributed by atoms with Crippen LogP contribution in [0.25, 0.3) is 0 Å². The van der Waals surface area contributed by atoms with Crippen molar-refractivity contribution in [3.63, 3.8) is 0 Å². The third-order valence-corrected chi connectivity index (χ3v) is 6.24. The molecule has 0 aliphatic heterocycles. The van der Waals surface area contributed by atoms with E-state index in [1.165, 1.54) is 19.3 Å². The Morgan fingerprint density at radius 1 is 1.27 bits per heavy atom. The fourth-order valence-electron chi connectivity index (χ4n) is 5.80. The molecule has 4 atom stereocenters. The first-order valence-corrected chi connectivity index (χ1v) is 8.90. The van der Waals surface area contributed by atoms with Crippen molar-refractivity contribution in [3.05, 3.63) is 12.2 Å². The summed E-state index contributed by atoms with van der Waals surface area (Å²) in [6.07, 6.45) is 8.39. The summed E-state index contributed by atoms with van der Waals surface area (Å²) in [5.74, 6) is 2.31. The van der Waals surface area contributed by atoms with Crippen molar-refractivity contribution in [2.45, 2.75) is 70.5 Å². The highest BCUT2D eigenvalue weighted by Crippen LogP contribution is 2.61. The van der Waals surface area contributed by atoms with Gasteiger partial charge in [-0.05, 0) is 63.2 Å². The van der Waals surface area contributed by atoms with Gasteiger partial charge in [0.25, 0.3) is 0 Å². The van der Waals surface area contributed by atoms with Crippen molar-refractivity contribution in [3.8, 4) is 0 Å². The zero-order chi connectivity index (χ0) is 15.9. The van der Waals surface area contributed by atoms with Gasteiger partial charge in [-0.2, -0.15) is 0 Å². The molecule has 3 nitrogen and oxygen atoms in total. The smallest absolute Gasteiger partial charge is 0.333 e. The molecule has 4 aliphatic rings. The van der Waals surface area contributed by atoms with Gasteiger partial charge in [-0.3, -0.25) is 0 Å². The number of esters is 1. The van der Waals surface area contributed by atoms with E-state index < -0.39 is 0 Å². The number of hydrogen-bond donors (Lipinski definition) is 0. The van der Waals surface area contributed by atoms with Gasteiger partial charge in [-0.15, -0.1) is 0 Å².